The highest BCUT2D eigenvalue weighted by Gasteiger charge is 2.27. The van der Waals surface area contributed by atoms with Crippen LogP contribution in [0.1, 0.15) is 47.3 Å². The van der Waals surface area contributed by atoms with Crippen LogP contribution in [-0.4, -0.2) is 40.5 Å². The second kappa shape index (κ2) is 11.5. The summed E-state index contributed by atoms with van der Waals surface area (Å²) in [4.78, 5) is 30.8. The summed E-state index contributed by atoms with van der Waals surface area (Å²) in [7, 11) is 1.54. The number of carboxylic acid groups (broad SMARTS) is 1. The highest BCUT2D eigenvalue weighted by atomic mass is 35.5. The molecule has 0 fully saturated rings. The summed E-state index contributed by atoms with van der Waals surface area (Å²) in [6.45, 7) is 4.63. The number of rotatable bonds is 7. The largest absolute Gasteiger partial charge is 0.496 e. The van der Waals surface area contributed by atoms with Crippen LogP contribution in [0.5, 0.6) is 5.75 Å². The van der Waals surface area contributed by atoms with E-state index >= 15 is 0 Å². The lowest BCUT2D eigenvalue weighted by Crippen LogP contribution is -2.37. The highest BCUT2D eigenvalue weighted by molar-refractivity contribution is 5.85. The third kappa shape index (κ3) is 5.85. The Morgan fingerprint density at radius 3 is 2.61 bits per heavy atom. The Kier molecular flexibility index (Phi) is 8.69. The number of carboxylic acids is 1. The Bertz CT molecular complexity index is 1280. The second-order valence-electron chi connectivity index (χ2n) is 9.03. The maximum absolute atomic E-state index is 14.8. The van der Waals surface area contributed by atoms with E-state index in [0.29, 0.717) is 41.8 Å². The van der Waals surface area contributed by atoms with Crippen LogP contribution < -0.4 is 4.74 Å². The smallest absolute Gasteiger partial charge is 0.307 e. The molecule has 1 aliphatic rings. The zero-order valence-corrected chi connectivity index (χ0v) is 21.4. The second-order valence-corrected chi connectivity index (χ2v) is 9.03. The summed E-state index contributed by atoms with van der Waals surface area (Å²) < 4.78 is 20.3. The molecule has 1 atom stereocenters. The lowest BCUT2D eigenvalue weighted by molar-refractivity contribution is -0.136. The van der Waals surface area contributed by atoms with Crippen molar-refractivity contribution in [2.45, 2.75) is 45.6 Å². The molecular formula is C28H30ClFN2O4. The summed E-state index contributed by atoms with van der Waals surface area (Å²) in [6.07, 6.45) is 0.596. The van der Waals surface area contributed by atoms with Gasteiger partial charge in [-0.15, -0.1) is 12.4 Å². The fraction of sp³-hybridized carbons (Fsp3) is 0.321. The van der Waals surface area contributed by atoms with Gasteiger partial charge in [0.15, 0.2) is 0 Å². The first-order valence-corrected chi connectivity index (χ1v) is 11.7. The molecule has 0 aliphatic carbocycles. The molecule has 36 heavy (non-hydrogen) atoms. The van der Waals surface area contributed by atoms with E-state index in [0.717, 1.165) is 22.5 Å². The Balaban J connectivity index is 0.00000361. The standard InChI is InChI=1S/C28H29FN2O4.ClH/c1-17(25-6-4-5-18(2)30-25)13-27(32)31-12-11-21-23(16-31)20(8-9-24(21)29)22-14-19(15-28(33)34)7-10-26(22)35-3;/h4-10,14,17H,11-13,15-16H2,1-3H3,(H,33,34);1H. The van der Waals surface area contributed by atoms with Gasteiger partial charge in [0.05, 0.1) is 13.5 Å². The number of carbonyl (C=O) groups excluding carboxylic acids is 1. The van der Waals surface area contributed by atoms with Crippen molar-refractivity contribution in [3.63, 3.8) is 0 Å². The third-order valence-corrected chi connectivity index (χ3v) is 6.51. The maximum Gasteiger partial charge on any atom is 0.307 e. The van der Waals surface area contributed by atoms with Gasteiger partial charge in [0.2, 0.25) is 5.91 Å². The molecule has 4 rings (SSSR count). The third-order valence-electron chi connectivity index (χ3n) is 6.51. The van der Waals surface area contributed by atoms with Gasteiger partial charge in [-0.2, -0.15) is 0 Å². The molecule has 2 heterocycles. The quantitative estimate of drug-likeness (QED) is 0.462. The number of pyridine rings is 1. The predicted octanol–water partition coefficient (Wildman–Crippen LogP) is 5.33. The molecule has 2 aromatic carbocycles. The van der Waals surface area contributed by atoms with Crippen molar-refractivity contribution in [3.05, 3.63) is 82.4 Å². The minimum Gasteiger partial charge on any atom is -0.496 e. The maximum atomic E-state index is 14.8. The monoisotopic (exact) mass is 512 g/mol. The molecule has 3 aromatic rings. The Hall–Kier alpha value is -3.45. The molecule has 0 saturated carbocycles. The topological polar surface area (TPSA) is 79.7 Å². The molecule has 1 amide bonds. The van der Waals surface area contributed by atoms with Crippen molar-refractivity contribution in [1.29, 1.82) is 0 Å². The molecule has 8 heteroatoms. The number of ether oxygens (including phenoxy) is 1. The summed E-state index contributed by atoms with van der Waals surface area (Å²) in [6, 6.07) is 14.1. The lowest BCUT2D eigenvalue weighted by Gasteiger charge is -2.32. The number of aryl methyl sites for hydroxylation is 1. The molecule has 1 aromatic heterocycles. The van der Waals surface area contributed by atoms with Crippen LogP contribution in [0.4, 0.5) is 4.39 Å². The number of benzene rings is 2. The van der Waals surface area contributed by atoms with Crippen LogP contribution in [0.15, 0.2) is 48.5 Å². The number of carbonyl (C=O) groups is 2. The number of fused-ring (bicyclic) bond motifs is 1. The zero-order chi connectivity index (χ0) is 25.1. The van der Waals surface area contributed by atoms with Gasteiger partial charge in [0.25, 0.3) is 0 Å². The average molecular weight is 513 g/mol. The van der Waals surface area contributed by atoms with Gasteiger partial charge in [-0.05, 0) is 65.9 Å². The van der Waals surface area contributed by atoms with Crippen molar-refractivity contribution in [2.75, 3.05) is 13.7 Å². The Labute approximate surface area is 216 Å². The summed E-state index contributed by atoms with van der Waals surface area (Å²) in [5, 5.41) is 9.22. The minimum atomic E-state index is -0.934. The van der Waals surface area contributed by atoms with Gasteiger partial charge in [-0.3, -0.25) is 14.6 Å². The number of hydrogen-bond acceptors (Lipinski definition) is 4. The highest BCUT2D eigenvalue weighted by Crippen LogP contribution is 2.38. The first kappa shape index (κ1) is 27.1. The van der Waals surface area contributed by atoms with E-state index in [1.807, 2.05) is 32.0 Å². The first-order valence-electron chi connectivity index (χ1n) is 11.7. The van der Waals surface area contributed by atoms with Gasteiger partial charge < -0.3 is 14.7 Å². The van der Waals surface area contributed by atoms with Crippen molar-refractivity contribution in [1.82, 2.24) is 9.88 Å². The SMILES string of the molecule is COc1ccc(CC(=O)O)cc1-c1ccc(F)c2c1CN(C(=O)CC(C)c1cccc(C)n1)CC2.Cl. The van der Waals surface area contributed by atoms with Crippen LogP contribution in [0.3, 0.4) is 0 Å². The average Bonchev–Trinajstić information content (AvgIpc) is 2.83. The Morgan fingerprint density at radius 2 is 1.92 bits per heavy atom. The number of aromatic nitrogens is 1. The summed E-state index contributed by atoms with van der Waals surface area (Å²) in [5.41, 5.74) is 5.16. The first-order chi connectivity index (χ1) is 16.8. The molecule has 1 unspecified atom stereocenters. The summed E-state index contributed by atoms with van der Waals surface area (Å²) in [5.74, 6) is -0.711. The molecule has 1 aliphatic heterocycles. The van der Waals surface area contributed by atoms with Gasteiger partial charge in [-0.1, -0.05) is 25.1 Å². The van der Waals surface area contributed by atoms with Gasteiger partial charge in [0.1, 0.15) is 11.6 Å². The van der Waals surface area contributed by atoms with E-state index in [9.17, 15) is 19.1 Å². The Morgan fingerprint density at radius 1 is 1.14 bits per heavy atom. The van der Waals surface area contributed by atoms with E-state index < -0.39 is 5.97 Å². The minimum absolute atomic E-state index is 0. The van der Waals surface area contributed by atoms with Crippen LogP contribution in [0.2, 0.25) is 0 Å². The van der Waals surface area contributed by atoms with Crippen molar-refractivity contribution in [3.8, 4) is 16.9 Å². The van der Waals surface area contributed by atoms with E-state index in [1.165, 1.54) is 6.07 Å². The number of aliphatic carboxylic acids is 1. The van der Waals surface area contributed by atoms with Gasteiger partial charge >= 0.3 is 5.97 Å². The van der Waals surface area contributed by atoms with Crippen molar-refractivity contribution in [2.24, 2.45) is 0 Å². The number of nitrogens with zero attached hydrogens (tertiary/aromatic N) is 2. The van der Waals surface area contributed by atoms with E-state index in [1.54, 1.807) is 36.3 Å². The molecule has 0 bridgehead atoms. The molecule has 190 valence electrons. The molecule has 0 saturated heterocycles. The van der Waals surface area contributed by atoms with Crippen molar-refractivity contribution < 1.29 is 23.8 Å². The van der Waals surface area contributed by atoms with Crippen LogP contribution in [0, 0.1) is 12.7 Å². The van der Waals surface area contributed by atoms with Crippen LogP contribution in [-0.2, 0) is 29.0 Å². The molecule has 1 N–H and O–H groups in total. The number of amides is 1. The van der Waals surface area contributed by atoms with Gasteiger partial charge in [0, 0.05) is 42.4 Å². The van der Waals surface area contributed by atoms with Gasteiger partial charge in [-0.25, -0.2) is 4.39 Å². The van der Waals surface area contributed by atoms with E-state index in [4.69, 9.17) is 4.74 Å². The fourth-order valence-corrected chi connectivity index (χ4v) is 4.68. The van der Waals surface area contributed by atoms with E-state index in [-0.39, 0.29) is 43.0 Å². The van der Waals surface area contributed by atoms with E-state index in [2.05, 4.69) is 4.98 Å². The summed E-state index contributed by atoms with van der Waals surface area (Å²) >= 11 is 0. The number of halogens is 2. The zero-order valence-electron chi connectivity index (χ0n) is 20.6. The lowest BCUT2D eigenvalue weighted by atomic mass is 9.89. The van der Waals surface area contributed by atoms with Crippen LogP contribution >= 0.6 is 12.4 Å². The predicted molar refractivity (Wildman–Crippen MR) is 138 cm³/mol. The fourth-order valence-electron chi connectivity index (χ4n) is 4.68. The van der Waals surface area contributed by atoms with Crippen molar-refractivity contribution >= 4 is 24.3 Å². The molecule has 0 radical (unpaired) electrons. The molecule has 0 spiro atoms. The molecular weight excluding hydrogens is 483 g/mol. The number of methoxy groups -OCH3 is 1. The number of hydrogen-bond donors (Lipinski definition) is 1. The van der Waals surface area contributed by atoms with Crippen LogP contribution in [0.25, 0.3) is 11.1 Å². The normalized spacial score (nSPS) is 13.4. The molecule has 6 nitrogen and oxygen atoms in total.